The van der Waals surface area contributed by atoms with Crippen molar-refractivity contribution in [3.05, 3.63) is 14.0 Å². The maximum Gasteiger partial charge on any atom is 2.00 e. The van der Waals surface area contributed by atoms with Gasteiger partial charge in [-0.1, -0.05) is 6.92 Å². The van der Waals surface area contributed by atoms with Gasteiger partial charge in [0.25, 0.3) is 0 Å². The van der Waals surface area contributed by atoms with E-state index in [-0.39, 0.29) is 32.8 Å². The quantitative estimate of drug-likeness (QED) is 0.605. The third kappa shape index (κ3) is 24.5. The number of carbonyl (C=O) groups excluding carboxylic acids is 2. The van der Waals surface area contributed by atoms with Gasteiger partial charge in [0.1, 0.15) is 6.29 Å². The Kier molecular flexibility index (Phi) is 20.6. The van der Waals surface area contributed by atoms with Gasteiger partial charge in [0.15, 0.2) is 0 Å². The largest absolute Gasteiger partial charge is 2.00 e. The molecule has 13 heavy (non-hydrogen) atoms. The maximum absolute atomic E-state index is 10.3. The van der Waals surface area contributed by atoms with Gasteiger partial charge < -0.3 is 21.8 Å². The second kappa shape index (κ2) is 14.4. The van der Waals surface area contributed by atoms with Crippen molar-refractivity contribution in [2.24, 2.45) is 5.92 Å². The third-order valence-electron chi connectivity index (χ3n) is 1.07. The van der Waals surface area contributed by atoms with Crippen LogP contribution >= 0.6 is 0 Å². The fourth-order valence-corrected chi connectivity index (χ4v) is 0.636. The van der Waals surface area contributed by atoms with E-state index in [4.69, 9.17) is 0 Å². The summed E-state index contributed by atoms with van der Waals surface area (Å²) in [5.74, 6) is 0.0665. The molecular formula is C9H17NO2W. The number of hydrogen-bond acceptors (Lipinski definition) is 3. The number of ketones is 1. The smallest absolute Gasteiger partial charge is 0.475 e. The minimum atomic E-state index is -0.0932. The van der Waals surface area contributed by atoms with Crippen LogP contribution in [0.4, 0.5) is 0 Å². The summed E-state index contributed by atoms with van der Waals surface area (Å²) < 4.78 is 0. The minimum absolute atomic E-state index is 0. The zero-order valence-corrected chi connectivity index (χ0v) is 11.1. The summed E-state index contributed by atoms with van der Waals surface area (Å²) in [5, 5.41) is 2.50. The molecule has 0 amide bonds. The standard InChI is InChI=1S/C7H11O2.C2H6N.W/c1-6(3-4-8)5-7(2)9;1-3-2;/h4,6H,2-3,5H2,1H3;3H,1H2,2H3;/q2*-1;+2. The first kappa shape index (κ1) is 18.6. The summed E-state index contributed by atoms with van der Waals surface area (Å²) in [6, 6.07) is 0. The number of nitrogens with one attached hydrogen (secondary N) is 1. The molecule has 0 rings (SSSR count). The molecular weight excluding hydrogens is 338 g/mol. The summed E-state index contributed by atoms with van der Waals surface area (Å²) >= 11 is 0. The maximum atomic E-state index is 10.3. The van der Waals surface area contributed by atoms with E-state index in [0.29, 0.717) is 12.8 Å². The molecule has 3 nitrogen and oxygen atoms in total. The number of rotatable bonds is 4. The molecule has 0 bridgehead atoms. The van der Waals surface area contributed by atoms with Gasteiger partial charge in [-0.15, -0.1) is 0 Å². The van der Waals surface area contributed by atoms with Crippen molar-refractivity contribution in [1.82, 2.24) is 5.32 Å². The predicted molar refractivity (Wildman–Crippen MR) is 49.2 cm³/mol. The molecule has 0 saturated carbocycles. The van der Waals surface area contributed by atoms with Crippen LogP contribution in [0.5, 0.6) is 0 Å². The second-order valence-corrected chi connectivity index (χ2v) is 2.60. The predicted octanol–water partition coefficient (Wildman–Crippen LogP) is 1.000. The fourth-order valence-electron chi connectivity index (χ4n) is 0.636. The molecule has 1 unspecified atom stereocenters. The molecule has 4 heteroatoms. The van der Waals surface area contributed by atoms with Crippen molar-refractivity contribution >= 4 is 12.1 Å². The van der Waals surface area contributed by atoms with Crippen molar-refractivity contribution in [2.45, 2.75) is 19.8 Å². The number of hydrogen-bond donors (Lipinski definition) is 1. The second-order valence-electron chi connectivity index (χ2n) is 2.60. The van der Waals surface area contributed by atoms with E-state index in [2.05, 4.69) is 19.3 Å². The van der Waals surface area contributed by atoms with Crippen LogP contribution in [0, 0.1) is 19.9 Å². The van der Waals surface area contributed by atoms with Gasteiger partial charge in [-0.05, 0) is 25.2 Å². The molecule has 0 saturated heterocycles. The molecule has 1 atom stereocenters. The zero-order chi connectivity index (χ0) is 9.98. The number of aldehydes is 1. The molecule has 0 aromatic carbocycles. The Morgan fingerprint density at radius 1 is 1.62 bits per heavy atom. The normalized spacial score (nSPS) is 10.1. The van der Waals surface area contributed by atoms with Crippen LogP contribution in [-0.2, 0) is 30.7 Å². The van der Waals surface area contributed by atoms with Gasteiger partial charge in [-0.25, -0.2) is 0 Å². The van der Waals surface area contributed by atoms with Crippen LogP contribution < -0.4 is 5.32 Å². The van der Waals surface area contributed by atoms with E-state index >= 15 is 0 Å². The molecule has 0 fully saturated rings. The van der Waals surface area contributed by atoms with Gasteiger partial charge >= 0.3 is 21.1 Å². The molecule has 0 aromatic heterocycles. The Morgan fingerprint density at radius 3 is 2.23 bits per heavy atom. The molecule has 76 valence electrons. The summed E-state index contributed by atoms with van der Waals surface area (Å²) in [4.78, 5) is 20.2. The minimum Gasteiger partial charge on any atom is -0.475 e. The van der Waals surface area contributed by atoms with Crippen LogP contribution in [0.2, 0.25) is 0 Å². The SMILES string of the molecule is [CH2-]C(=O)CC(C)CC=O.[CH2-]NC.[W+2]. The third-order valence-corrected chi connectivity index (χ3v) is 1.07. The Bertz CT molecular complexity index is 129. The first-order valence-electron chi connectivity index (χ1n) is 3.80. The van der Waals surface area contributed by atoms with E-state index in [9.17, 15) is 9.59 Å². The molecule has 0 aliphatic heterocycles. The first-order chi connectivity index (χ1) is 5.58. The van der Waals surface area contributed by atoms with Crippen LogP contribution in [0.25, 0.3) is 0 Å². The molecule has 0 aromatic rings. The Labute approximate surface area is 94.9 Å². The Morgan fingerprint density at radius 2 is 2.00 bits per heavy atom. The summed E-state index contributed by atoms with van der Waals surface area (Å²) in [5.41, 5.74) is 0. The Hall–Kier alpha value is -0.142. The summed E-state index contributed by atoms with van der Waals surface area (Å²) in [6.45, 7) is 5.06. The number of Topliss-reactive ketones (excluding diaryl/α,β-unsaturated/α-hetero) is 1. The van der Waals surface area contributed by atoms with Gasteiger partial charge in [-0.3, -0.25) is 7.05 Å². The molecule has 0 radical (unpaired) electrons. The monoisotopic (exact) mass is 355 g/mol. The van der Waals surface area contributed by atoms with Crippen molar-refractivity contribution in [3.63, 3.8) is 0 Å². The van der Waals surface area contributed by atoms with Crippen LogP contribution in [0.3, 0.4) is 0 Å². The van der Waals surface area contributed by atoms with E-state index < -0.39 is 0 Å². The van der Waals surface area contributed by atoms with Crippen LogP contribution in [0.1, 0.15) is 19.8 Å². The van der Waals surface area contributed by atoms with Crippen LogP contribution in [0.15, 0.2) is 0 Å². The van der Waals surface area contributed by atoms with Gasteiger partial charge in [0.05, 0.1) is 0 Å². The molecule has 0 heterocycles. The van der Waals surface area contributed by atoms with Crippen molar-refractivity contribution in [2.75, 3.05) is 7.05 Å². The average Bonchev–Trinajstić information content (AvgIpc) is 1.87. The topological polar surface area (TPSA) is 46.2 Å². The first-order valence-corrected chi connectivity index (χ1v) is 3.80. The number of carbonyl (C=O) groups is 2. The Balaban J connectivity index is -0.000000220. The van der Waals surface area contributed by atoms with Crippen molar-refractivity contribution in [3.8, 4) is 0 Å². The zero-order valence-electron chi connectivity index (χ0n) is 8.21. The van der Waals surface area contributed by atoms with E-state index in [1.165, 1.54) is 0 Å². The summed E-state index contributed by atoms with van der Waals surface area (Å²) in [6.07, 6.45) is 1.70. The van der Waals surface area contributed by atoms with Crippen molar-refractivity contribution in [1.29, 1.82) is 0 Å². The van der Waals surface area contributed by atoms with Gasteiger partial charge in [0.2, 0.25) is 0 Å². The molecule has 0 aliphatic carbocycles. The molecule has 1 N–H and O–H groups in total. The summed E-state index contributed by atoms with van der Waals surface area (Å²) in [7, 11) is 5.00. The van der Waals surface area contributed by atoms with E-state index in [1.807, 2.05) is 6.92 Å². The molecule has 0 aliphatic rings. The van der Waals surface area contributed by atoms with Crippen molar-refractivity contribution < 1.29 is 30.7 Å². The van der Waals surface area contributed by atoms with E-state index in [0.717, 1.165) is 6.29 Å². The molecule has 0 spiro atoms. The fraction of sp³-hybridized carbons (Fsp3) is 0.556. The van der Waals surface area contributed by atoms with Crippen LogP contribution in [-0.4, -0.2) is 19.1 Å². The van der Waals surface area contributed by atoms with Gasteiger partial charge in [0, 0.05) is 6.42 Å². The average molecular weight is 355 g/mol. The van der Waals surface area contributed by atoms with Gasteiger partial charge in [-0.2, -0.15) is 0 Å². The van der Waals surface area contributed by atoms with E-state index in [1.54, 1.807) is 7.05 Å².